The monoisotopic (exact) mass is 293 g/mol. The number of ether oxygens (including phenoxy) is 1. The summed E-state index contributed by atoms with van der Waals surface area (Å²) in [6, 6.07) is 1.34. The molecule has 0 radical (unpaired) electrons. The molecule has 0 aliphatic rings. The molecule has 0 fully saturated rings. The SMILES string of the molecule is COCCN(CCO)C(=O)c1cc(Cl)nnc1Cl. The Morgan fingerprint density at radius 1 is 1.44 bits per heavy atom. The van der Waals surface area contributed by atoms with Gasteiger partial charge in [-0.25, -0.2) is 0 Å². The van der Waals surface area contributed by atoms with E-state index in [2.05, 4.69) is 10.2 Å². The topological polar surface area (TPSA) is 75.6 Å². The number of nitrogens with zero attached hydrogens (tertiary/aromatic N) is 3. The van der Waals surface area contributed by atoms with Crippen LogP contribution in [0.15, 0.2) is 6.07 Å². The lowest BCUT2D eigenvalue weighted by atomic mass is 10.2. The molecule has 0 aromatic carbocycles. The van der Waals surface area contributed by atoms with Crippen molar-refractivity contribution in [1.82, 2.24) is 15.1 Å². The molecule has 0 saturated carbocycles. The van der Waals surface area contributed by atoms with E-state index in [0.29, 0.717) is 13.2 Å². The predicted octanol–water partition coefficient (Wildman–Crippen LogP) is 0.864. The van der Waals surface area contributed by atoms with Crippen LogP contribution in [0.3, 0.4) is 0 Å². The predicted molar refractivity (Wildman–Crippen MR) is 66.9 cm³/mol. The maximum atomic E-state index is 12.2. The average Bonchev–Trinajstić information content (AvgIpc) is 2.36. The van der Waals surface area contributed by atoms with Crippen LogP contribution in [0.5, 0.6) is 0 Å². The molecule has 1 amide bonds. The zero-order valence-electron chi connectivity index (χ0n) is 9.77. The Labute approximate surface area is 114 Å². The van der Waals surface area contributed by atoms with Crippen molar-refractivity contribution in [1.29, 1.82) is 0 Å². The lowest BCUT2D eigenvalue weighted by Gasteiger charge is -2.21. The molecule has 1 N–H and O–H groups in total. The third-order valence-electron chi connectivity index (χ3n) is 2.17. The fraction of sp³-hybridized carbons (Fsp3) is 0.500. The van der Waals surface area contributed by atoms with Crippen LogP contribution in [0.1, 0.15) is 10.4 Å². The highest BCUT2D eigenvalue weighted by Gasteiger charge is 2.19. The van der Waals surface area contributed by atoms with E-state index in [-0.39, 0.29) is 34.9 Å². The molecular weight excluding hydrogens is 281 g/mol. The Morgan fingerprint density at radius 2 is 2.17 bits per heavy atom. The van der Waals surface area contributed by atoms with Crippen molar-refractivity contribution in [2.24, 2.45) is 0 Å². The first-order valence-corrected chi connectivity index (χ1v) is 5.93. The first-order chi connectivity index (χ1) is 8.60. The van der Waals surface area contributed by atoms with Gasteiger partial charge in [-0.1, -0.05) is 23.2 Å². The van der Waals surface area contributed by atoms with Crippen LogP contribution >= 0.6 is 23.2 Å². The number of hydrogen-bond acceptors (Lipinski definition) is 5. The summed E-state index contributed by atoms with van der Waals surface area (Å²) >= 11 is 11.5. The summed E-state index contributed by atoms with van der Waals surface area (Å²) in [5, 5.41) is 16.1. The number of carbonyl (C=O) groups excluding carboxylic acids is 1. The van der Waals surface area contributed by atoms with E-state index in [1.54, 1.807) is 0 Å². The fourth-order valence-electron chi connectivity index (χ4n) is 1.31. The molecule has 0 aliphatic heterocycles. The van der Waals surface area contributed by atoms with Gasteiger partial charge in [-0.3, -0.25) is 4.79 Å². The van der Waals surface area contributed by atoms with Gasteiger partial charge in [0.05, 0.1) is 18.8 Å². The van der Waals surface area contributed by atoms with Gasteiger partial charge in [0.2, 0.25) is 0 Å². The van der Waals surface area contributed by atoms with Gasteiger partial charge >= 0.3 is 0 Å². The van der Waals surface area contributed by atoms with Crippen LogP contribution in [0.25, 0.3) is 0 Å². The summed E-state index contributed by atoms with van der Waals surface area (Å²) in [5.74, 6) is -0.372. The molecule has 8 heteroatoms. The minimum atomic E-state index is -0.372. The van der Waals surface area contributed by atoms with E-state index in [1.807, 2.05) is 0 Å². The van der Waals surface area contributed by atoms with Crippen molar-refractivity contribution in [2.45, 2.75) is 0 Å². The molecule has 100 valence electrons. The van der Waals surface area contributed by atoms with Crippen molar-refractivity contribution in [3.8, 4) is 0 Å². The number of aliphatic hydroxyl groups is 1. The van der Waals surface area contributed by atoms with Crippen LogP contribution in [0.4, 0.5) is 0 Å². The summed E-state index contributed by atoms with van der Waals surface area (Å²) in [4.78, 5) is 13.6. The van der Waals surface area contributed by atoms with Gasteiger partial charge in [-0.05, 0) is 6.07 Å². The minimum Gasteiger partial charge on any atom is -0.395 e. The number of rotatable bonds is 6. The van der Waals surface area contributed by atoms with Gasteiger partial charge in [0.15, 0.2) is 10.3 Å². The smallest absolute Gasteiger partial charge is 0.257 e. The number of methoxy groups -OCH3 is 1. The third kappa shape index (κ3) is 4.06. The molecule has 6 nitrogen and oxygen atoms in total. The molecule has 1 rings (SSSR count). The summed E-state index contributed by atoms with van der Waals surface area (Å²) in [5.41, 5.74) is 0.154. The Kier molecular flexibility index (Phi) is 6.28. The molecule has 0 bridgehead atoms. The zero-order chi connectivity index (χ0) is 13.5. The molecular formula is C10H13Cl2N3O3. The lowest BCUT2D eigenvalue weighted by Crippen LogP contribution is -2.36. The Bertz CT molecular complexity index is 417. The summed E-state index contributed by atoms with van der Waals surface area (Å²) < 4.78 is 4.90. The molecule has 1 aromatic rings. The fourth-order valence-corrected chi connectivity index (χ4v) is 1.63. The molecule has 18 heavy (non-hydrogen) atoms. The molecule has 1 heterocycles. The van der Waals surface area contributed by atoms with E-state index < -0.39 is 0 Å². The number of carbonyl (C=O) groups is 1. The Balaban J connectivity index is 2.90. The highest BCUT2D eigenvalue weighted by molar-refractivity contribution is 6.34. The minimum absolute atomic E-state index is 0.0234. The largest absolute Gasteiger partial charge is 0.395 e. The first-order valence-electron chi connectivity index (χ1n) is 5.18. The van der Waals surface area contributed by atoms with Crippen LogP contribution in [0.2, 0.25) is 10.3 Å². The van der Waals surface area contributed by atoms with Gasteiger partial charge in [-0.15, -0.1) is 10.2 Å². The Morgan fingerprint density at radius 3 is 2.78 bits per heavy atom. The maximum Gasteiger partial charge on any atom is 0.257 e. The van der Waals surface area contributed by atoms with E-state index in [9.17, 15) is 4.79 Å². The summed E-state index contributed by atoms with van der Waals surface area (Å²) in [7, 11) is 1.53. The molecule has 0 spiro atoms. The molecule has 0 aliphatic carbocycles. The number of aromatic nitrogens is 2. The van der Waals surface area contributed by atoms with Crippen LogP contribution in [-0.2, 0) is 4.74 Å². The van der Waals surface area contributed by atoms with E-state index in [1.165, 1.54) is 18.1 Å². The van der Waals surface area contributed by atoms with Gasteiger partial charge < -0.3 is 14.7 Å². The van der Waals surface area contributed by atoms with Gasteiger partial charge in [0.25, 0.3) is 5.91 Å². The van der Waals surface area contributed by atoms with Crippen molar-refractivity contribution < 1.29 is 14.6 Å². The zero-order valence-corrected chi connectivity index (χ0v) is 11.3. The normalized spacial score (nSPS) is 10.4. The van der Waals surface area contributed by atoms with Crippen molar-refractivity contribution in [2.75, 3.05) is 33.4 Å². The highest BCUT2D eigenvalue weighted by Crippen LogP contribution is 2.17. The van der Waals surface area contributed by atoms with Crippen LogP contribution in [-0.4, -0.2) is 59.5 Å². The Hall–Kier alpha value is -0.950. The quantitative estimate of drug-likeness (QED) is 0.842. The molecule has 0 unspecified atom stereocenters. The second-order valence-electron chi connectivity index (χ2n) is 3.38. The molecule has 0 saturated heterocycles. The van der Waals surface area contributed by atoms with Crippen molar-refractivity contribution >= 4 is 29.1 Å². The second kappa shape index (κ2) is 7.48. The van der Waals surface area contributed by atoms with E-state index in [4.69, 9.17) is 33.0 Å². The number of halogens is 2. The number of hydrogen-bond donors (Lipinski definition) is 1. The summed E-state index contributed by atoms with van der Waals surface area (Å²) in [6.07, 6.45) is 0. The standard InChI is InChI=1S/C10H13Cl2N3O3/c1-18-5-3-15(2-4-16)10(17)7-6-8(11)13-14-9(7)12/h6,16H,2-5H2,1H3. The third-order valence-corrected chi connectivity index (χ3v) is 2.64. The van der Waals surface area contributed by atoms with Crippen molar-refractivity contribution in [3.05, 3.63) is 21.9 Å². The molecule has 1 aromatic heterocycles. The number of aliphatic hydroxyl groups excluding tert-OH is 1. The molecule has 0 atom stereocenters. The van der Waals surface area contributed by atoms with E-state index in [0.717, 1.165) is 0 Å². The van der Waals surface area contributed by atoms with Crippen LogP contribution < -0.4 is 0 Å². The van der Waals surface area contributed by atoms with Gasteiger partial charge in [-0.2, -0.15) is 0 Å². The summed E-state index contributed by atoms with van der Waals surface area (Å²) in [6.45, 7) is 0.722. The highest BCUT2D eigenvalue weighted by atomic mass is 35.5. The maximum absolute atomic E-state index is 12.2. The number of amides is 1. The van der Waals surface area contributed by atoms with Gasteiger partial charge in [0.1, 0.15) is 0 Å². The van der Waals surface area contributed by atoms with Crippen molar-refractivity contribution in [3.63, 3.8) is 0 Å². The first kappa shape index (κ1) is 15.1. The second-order valence-corrected chi connectivity index (χ2v) is 4.13. The van der Waals surface area contributed by atoms with Gasteiger partial charge in [0, 0.05) is 20.2 Å². The lowest BCUT2D eigenvalue weighted by molar-refractivity contribution is 0.0656. The van der Waals surface area contributed by atoms with E-state index >= 15 is 0 Å². The average molecular weight is 294 g/mol. The van der Waals surface area contributed by atoms with Crippen LogP contribution in [0, 0.1) is 0 Å².